The fraction of sp³-hybridized carbons (Fsp3) is 0.625. The first-order valence-electron chi connectivity index (χ1n) is 7.34. The van der Waals surface area contributed by atoms with Crippen molar-refractivity contribution < 1.29 is 0 Å². The fourth-order valence-corrected chi connectivity index (χ4v) is 4.39. The first-order chi connectivity index (χ1) is 9.41. The Labute approximate surface area is 135 Å². The number of rotatable bonds is 4. The van der Waals surface area contributed by atoms with Gasteiger partial charge in [0.25, 0.3) is 0 Å². The summed E-state index contributed by atoms with van der Waals surface area (Å²) in [5, 5.41) is 0. The van der Waals surface area contributed by atoms with Gasteiger partial charge in [-0.25, -0.2) is 0 Å². The molecule has 1 aromatic rings. The van der Waals surface area contributed by atoms with E-state index < -0.39 is 0 Å². The van der Waals surface area contributed by atoms with E-state index in [9.17, 15) is 0 Å². The molecule has 2 nitrogen and oxygen atoms in total. The molecule has 2 N–H and O–H groups in total. The van der Waals surface area contributed by atoms with Crippen LogP contribution in [0.1, 0.15) is 32.8 Å². The molecule has 0 spiro atoms. The number of anilines is 1. The molecule has 20 heavy (non-hydrogen) atoms. The molecular formula is C16H25BrN2S. The summed E-state index contributed by atoms with van der Waals surface area (Å²) < 4.78 is 1.53. The van der Waals surface area contributed by atoms with Gasteiger partial charge in [-0.2, -0.15) is 11.8 Å². The second-order valence-corrected chi connectivity index (χ2v) is 8.84. The van der Waals surface area contributed by atoms with Crippen LogP contribution in [-0.4, -0.2) is 29.6 Å². The molecule has 4 heteroatoms. The Morgan fingerprint density at radius 1 is 1.45 bits per heavy atom. The average molecular weight is 357 g/mol. The zero-order valence-electron chi connectivity index (χ0n) is 12.7. The van der Waals surface area contributed by atoms with Crippen molar-refractivity contribution in [1.82, 2.24) is 0 Å². The highest BCUT2D eigenvalue weighted by Gasteiger charge is 2.27. The van der Waals surface area contributed by atoms with Crippen molar-refractivity contribution in [3.8, 4) is 0 Å². The molecule has 1 heterocycles. The SMILES string of the molecule is CCC(N)Cc1ccc(N2CCSC(C)(C)C2)c(Br)c1. The second kappa shape index (κ2) is 6.71. The van der Waals surface area contributed by atoms with Gasteiger partial charge in [-0.15, -0.1) is 0 Å². The Hall–Kier alpha value is -0.190. The van der Waals surface area contributed by atoms with Gasteiger partial charge in [-0.1, -0.05) is 13.0 Å². The summed E-state index contributed by atoms with van der Waals surface area (Å²) in [6.07, 6.45) is 1.98. The van der Waals surface area contributed by atoms with Gasteiger partial charge in [0.2, 0.25) is 0 Å². The van der Waals surface area contributed by atoms with E-state index in [0.717, 1.165) is 25.9 Å². The Morgan fingerprint density at radius 3 is 2.80 bits per heavy atom. The van der Waals surface area contributed by atoms with Crippen molar-refractivity contribution in [1.29, 1.82) is 0 Å². The standard InChI is InChI=1S/C16H25BrN2S/c1-4-13(18)9-12-5-6-15(14(17)10-12)19-7-8-20-16(2,3)11-19/h5-6,10,13H,4,7-9,11,18H2,1-3H3. The molecule has 112 valence electrons. The van der Waals surface area contributed by atoms with E-state index >= 15 is 0 Å². The third kappa shape index (κ3) is 4.15. The summed E-state index contributed by atoms with van der Waals surface area (Å²) in [7, 11) is 0. The predicted octanol–water partition coefficient (Wildman–Crippen LogP) is 4.06. The highest BCUT2D eigenvalue weighted by Crippen LogP contribution is 2.35. The molecule has 1 unspecified atom stereocenters. The summed E-state index contributed by atoms with van der Waals surface area (Å²) in [4.78, 5) is 2.49. The van der Waals surface area contributed by atoms with Crippen LogP contribution >= 0.6 is 27.7 Å². The lowest BCUT2D eigenvalue weighted by molar-refractivity contribution is 0.642. The summed E-state index contributed by atoms with van der Waals surface area (Å²) in [6, 6.07) is 6.97. The first-order valence-corrected chi connectivity index (χ1v) is 9.12. The first kappa shape index (κ1) is 16.2. The Kier molecular flexibility index (Phi) is 5.43. The quantitative estimate of drug-likeness (QED) is 0.881. The third-order valence-corrected chi connectivity index (χ3v) is 5.73. The smallest absolute Gasteiger partial charge is 0.0511 e. The van der Waals surface area contributed by atoms with Crippen LogP contribution in [0.4, 0.5) is 5.69 Å². The van der Waals surface area contributed by atoms with E-state index in [4.69, 9.17) is 5.73 Å². The largest absolute Gasteiger partial charge is 0.368 e. The van der Waals surface area contributed by atoms with Crippen molar-refractivity contribution in [3.63, 3.8) is 0 Å². The van der Waals surface area contributed by atoms with Gasteiger partial charge in [0.15, 0.2) is 0 Å². The van der Waals surface area contributed by atoms with Crippen LogP contribution < -0.4 is 10.6 Å². The summed E-state index contributed by atoms with van der Waals surface area (Å²) in [5.74, 6) is 1.20. The molecule has 1 aromatic carbocycles. The minimum Gasteiger partial charge on any atom is -0.368 e. The summed E-state index contributed by atoms with van der Waals surface area (Å²) >= 11 is 5.81. The van der Waals surface area contributed by atoms with E-state index in [1.165, 1.54) is 21.5 Å². The van der Waals surface area contributed by atoms with Crippen LogP contribution in [0, 0.1) is 0 Å². The van der Waals surface area contributed by atoms with Crippen LogP contribution in [0.3, 0.4) is 0 Å². The van der Waals surface area contributed by atoms with E-state index in [1.54, 1.807) is 0 Å². The van der Waals surface area contributed by atoms with Crippen molar-refractivity contribution in [2.45, 2.75) is 44.4 Å². The lowest BCUT2D eigenvalue weighted by atomic mass is 10.0. The van der Waals surface area contributed by atoms with E-state index in [0.29, 0.717) is 4.75 Å². The van der Waals surface area contributed by atoms with Crippen molar-refractivity contribution in [2.75, 3.05) is 23.7 Å². The Morgan fingerprint density at radius 2 is 2.20 bits per heavy atom. The van der Waals surface area contributed by atoms with E-state index in [-0.39, 0.29) is 6.04 Å². The number of benzene rings is 1. The molecule has 1 saturated heterocycles. The minimum absolute atomic E-state index is 0.262. The number of halogens is 1. The second-order valence-electron chi connectivity index (χ2n) is 6.19. The summed E-state index contributed by atoms with van der Waals surface area (Å²) in [5.41, 5.74) is 8.68. The van der Waals surface area contributed by atoms with Crippen molar-refractivity contribution in [2.24, 2.45) is 5.73 Å². The molecule has 0 bridgehead atoms. The maximum atomic E-state index is 6.04. The number of thioether (sulfide) groups is 1. The molecule has 2 rings (SSSR count). The zero-order chi connectivity index (χ0) is 14.8. The zero-order valence-corrected chi connectivity index (χ0v) is 15.1. The molecule has 1 aliphatic rings. The van der Waals surface area contributed by atoms with Crippen molar-refractivity contribution >= 4 is 33.4 Å². The molecule has 1 aliphatic heterocycles. The number of nitrogens with two attached hydrogens (primary N) is 1. The van der Waals surface area contributed by atoms with Crippen LogP contribution in [0.2, 0.25) is 0 Å². The minimum atomic E-state index is 0.262. The topological polar surface area (TPSA) is 29.3 Å². The van der Waals surface area contributed by atoms with Crippen LogP contribution in [0.5, 0.6) is 0 Å². The fourth-order valence-electron chi connectivity index (χ4n) is 2.60. The molecule has 1 atom stereocenters. The average Bonchev–Trinajstić information content (AvgIpc) is 2.37. The van der Waals surface area contributed by atoms with Crippen LogP contribution in [0.25, 0.3) is 0 Å². The van der Waals surface area contributed by atoms with Gasteiger partial charge >= 0.3 is 0 Å². The number of hydrogen-bond donors (Lipinski definition) is 1. The normalized spacial score (nSPS) is 19.9. The lowest BCUT2D eigenvalue weighted by Gasteiger charge is -2.39. The van der Waals surface area contributed by atoms with Gasteiger partial charge < -0.3 is 10.6 Å². The molecule has 0 saturated carbocycles. The monoisotopic (exact) mass is 356 g/mol. The molecular weight excluding hydrogens is 332 g/mol. The maximum Gasteiger partial charge on any atom is 0.0511 e. The van der Waals surface area contributed by atoms with E-state index in [1.807, 2.05) is 0 Å². The Balaban J connectivity index is 2.13. The third-order valence-electron chi connectivity index (χ3n) is 3.80. The van der Waals surface area contributed by atoms with Crippen LogP contribution in [-0.2, 0) is 6.42 Å². The Bertz CT molecular complexity index is 462. The number of hydrogen-bond acceptors (Lipinski definition) is 3. The lowest BCUT2D eigenvalue weighted by Crippen LogP contribution is -2.43. The van der Waals surface area contributed by atoms with Gasteiger partial charge in [0.05, 0.1) is 5.69 Å². The molecule has 0 amide bonds. The predicted molar refractivity (Wildman–Crippen MR) is 94.9 cm³/mol. The highest BCUT2D eigenvalue weighted by molar-refractivity contribution is 9.10. The van der Waals surface area contributed by atoms with Crippen molar-refractivity contribution in [3.05, 3.63) is 28.2 Å². The van der Waals surface area contributed by atoms with Gasteiger partial charge in [-0.05, 0) is 60.3 Å². The van der Waals surface area contributed by atoms with Gasteiger partial charge in [-0.3, -0.25) is 0 Å². The molecule has 1 fully saturated rings. The van der Waals surface area contributed by atoms with Crippen LogP contribution in [0.15, 0.2) is 22.7 Å². The number of nitrogens with zero attached hydrogens (tertiary/aromatic N) is 1. The summed E-state index contributed by atoms with van der Waals surface area (Å²) in [6.45, 7) is 9.02. The molecule has 0 radical (unpaired) electrons. The highest BCUT2D eigenvalue weighted by atomic mass is 79.9. The molecule has 0 aromatic heterocycles. The van der Waals surface area contributed by atoms with Gasteiger partial charge in [0, 0.05) is 34.1 Å². The van der Waals surface area contributed by atoms with E-state index in [2.05, 4.69) is 71.6 Å². The van der Waals surface area contributed by atoms with Gasteiger partial charge in [0.1, 0.15) is 0 Å². The molecule has 0 aliphatic carbocycles. The maximum absolute atomic E-state index is 6.04.